The van der Waals surface area contributed by atoms with Crippen LogP contribution in [-0.4, -0.2) is 34.7 Å². The zero-order chi connectivity index (χ0) is 14.3. The van der Waals surface area contributed by atoms with Gasteiger partial charge in [0.25, 0.3) is 0 Å². The normalized spacial score (nSPS) is 13.4. The van der Waals surface area contributed by atoms with Crippen molar-refractivity contribution in [2.45, 2.75) is 30.7 Å². The molecule has 0 saturated heterocycles. The summed E-state index contributed by atoms with van der Waals surface area (Å²) < 4.78 is 31.3. The lowest BCUT2D eigenvalue weighted by Crippen LogP contribution is -2.25. The SMILES string of the molecule is COCCCNS(=O)(=O)c1ccc(CC(C)N)cc1. The third-order valence-corrected chi connectivity index (χ3v) is 4.09. The zero-order valence-electron chi connectivity index (χ0n) is 11.4. The van der Waals surface area contributed by atoms with Crippen LogP contribution in [0.25, 0.3) is 0 Å². The fourth-order valence-corrected chi connectivity index (χ4v) is 2.76. The fraction of sp³-hybridized carbons (Fsp3) is 0.538. The minimum atomic E-state index is -3.42. The Bertz CT molecular complexity index is 469. The van der Waals surface area contributed by atoms with E-state index in [2.05, 4.69) is 4.72 Å². The van der Waals surface area contributed by atoms with Crippen molar-refractivity contribution in [2.75, 3.05) is 20.3 Å². The van der Waals surface area contributed by atoms with Gasteiger partial charge in [0, 0.05) is 26.3 Å². The number of hydrogen-bond acceptors (Lipinski definition) is 4. The molecule has 1 rings (SSSR count). The molecule has 0 amide bonds. The van der Waals surface area contributed by atoms with Gasteiger partial charge in [0.05, 0.1) is 4.90 Å². The van der Waals surface area contributed by atoms with E-state index in [1.807, 2.05) is 6.92 Å². The summed E-state index contributed by atoms with van der Waals surface area (Å²) in [5.74, 6) is 0. The predicted octanol–water partition coefficient (Wildman–Crippen LogP) is 0.891. The van der Waals surface area contributed by atoms with Gasteiger partial charge in [0.15, 0.2) is 0 Å². The molecule has 1 atom stereocenters. The van der Waals surface area contributed by atoms with Gasteiger partial charge in [0.1, 0.15) is 0 Å². The Balaban J connectivity index is 2.63. The maximum atomic E-state index is 12.0. The van der Waals surface area contributed by atoms with E-state index in [0.29, 0.717) is 19.6 Å². The van der Waals surface area contributed by atoms with E-state index in [-0.39, 0.29) is 10.9 Å². The summed E-state index contributed by atoms with van der Waals surface area (Å²) in [5, 5.41) is 0. The predicted molar refractivity (Wildman–Crippen MR) is 75.5 cm³/mol. The topological polar surface area (TPSA) is 81.4 Å². The van der Waals surface area contributed by atoms with Crippen LogP contribution in [-0.2, 0) is 21.2 Å². The first-order valence-corrected chi connectivity index (χ1v) is 7.77. The molecule has 1 unspecified atom stereocenters. The molecule has 0 spiro atoms. The number of ether oxygens (including phenoxy) is 1. The number of nitrogens with two attached hydrogens (primary N) is 1. The second-order valence-corrected chi connectivity index (χ2v) is 6.34. The van der Waals surface area contributed by atoms with Gasteiger partial charge in [-0.2, -0.15) is 0 Å². The Morgan fingerprint density at radius 3 is 2.47 bits per heavy atom. The molecule has 0 bridgehead atoms. The second kappa shape index (κ2) is 7.59. The lowest BCUT2D eigenvalue weighted by atomic mass is 10.1. The smallest absolute Gasteiger partial charge is 0.240 e. The number of hydrogen-bond donors (Lipinski definition) is 2. The molecule has 1 aromatic carbocycles. The Labute approximate surface area is 115 Å². The summed E-state index contributed by atoms with van der Waals surface area (Å²) in [4.78, 5) is 0.276. The highest BCUT2D eigenvalue weighted by atomic mass is 32.2. The summed E-state index contributed by atoms with van der Waals surface area (Å²) in [6.45, 7) is 2.83. The van der Waals surface area contributed by atoms with E-state index in [9.17, 15) is 8.42 Å². The molecule has 0 aromatic heterocycles. The van der Waals surface area contributed by atoms with E-state index in [1.54, 1.807) is 31.4 Å². The van der Waals surface area contributed by atoms with Gasteiger partial charge >= 0.3 is 0 Å². The number of nitrogens with one attached hydrogen (secondary N) is 1. The van der Waals surface area contributed by atoms with Crippen molar-refractivity contribution in [3.8, 4) is 0 Å². The van der Waals surface area contributed by atoms with Crippen LogP contribution in [0.4, 0.5) is 0 Å². The second-order valence-electron chi connectivity index (χ2n) is 4.57. The van der Waals surface area contributed by atoms with Gasteiger partial charge in [0.2, 0.25) is 10.0 Å². The summed E-state index contributed by atoms with van der Waals surface area (Å²) in [5.41, 5.74) is 6.74. The summed E-state index contributed by atoms with van der Waals surface area (Å²) in [6.07, 6.45) is 1.39. The van der Waals surface area contributed by atoms with Crippen molar-refractivity contribution in [3.63, 3.8) is 0 Å². The maximum Gasteiger partial charge on any atom is 0.240 e. The number of methoxy groups -OCH3 is 1. The van der Waals surface area contributed by atoms with E-state index in [1.165, 1.54) is 0 Å². The zero-order valence-corrected chi connectivity index (χ0v) is 12.2. The van der Waals surface area contributed by atoms with Crippen molar-refractivity contribution >= 4 is 10.0 Å². The van der Waals surface area contributed by atoms with Crippen molar-refractivity contribution in [3.05, 3.63) is 29.8 Å². The molecule has 108 valence electrons. The largest absolute Gasteiger partial charge is 0.385 e. The third kappa shape index (κ3) is 5.69. The highest BCUT2D eigenvalue weighted by Gasteiger charge is 2.12. The molecule has 0 saturated carbocycles. The highest BCUT2D eigenvalue weighted by Crippen LogP contribution is 2.11. The molecule has 0 radical (unpaired) electrons. The summed E-state index contributed by atoms with van der Waals surface area (Å²) in [7, 11) is -1.83. The molecule has 0 aliphatic heterocycles. The Morgan fingerprint density at radius 1 is 1.32 bits per heavy atom. The molecule has 5 nitrogen and oxygen atoms in total. The van der Waals surface area contributed by atoms with Crippen LogP contribution in [0.3, 0.4) is 0 Å². The van der Waals surface area contributed by atoms with Crippen LogP contribution in [0, 0.1) is 0 Å². The van der Waals surface area contributed by atoms with E-state index < -0.39 is 10.0 Å². The van der Waals surface area contributed by atoms with Crippen LogP contribution < -0.4 is 10.5 Å². The van der Waals surface area contributed by atoms with Gasteiger partial charge in [-0.25, -0.2) is 13.1 Å². The molecular weight excluding hydrogens is 264 g/mol. The molecule has 0 heterocycles. The average Bonchev–Trinajstić information content (AvgIpc) is 2.35. The molecular formula is C13H22N2O3S. The lowest BCUT2D eigenvalue weighted by molar-refractivity contribution is 0.196. The number of sulfonamides is 1. The molecule has 0 aliphatic rings. The number of rotatable bonds is 8. The van der Waals surface area contributed by atoms with Crippen LogP contribution in [0.2, 0.25) is 0 Å². The van der Waals surface area contributed by atoms with E-state index in [4.69, 9.17) is 10.5 Å². The average molecular weight is 286 g/mol. The molecule has 3 N–H and O–H groups in total. The monoisotopic (exact) mass is 286 g/mol. The highest BCUT2D eigenvalue weighted by molar-refractivity contribution is 7.89. The lowest BCUT2D eigenvalue weighted by Gasteiger charge is -2.08. The van der Waals surface area contributed by atoms with Crippen LogP contribution >= 0.6 is 0 Å². The van der Waals surface area contributed by atoms with Gasteiger partial charge in [-0.05, 0) is 37.5 Å². The first kappa shape index (κ1) is 16.1. The van der Waals surface area contributed by atoms with Gasteiger partial charge in [-0.1, -0.05) is 12.1 Å². The Kier molecular flexibility index (Phi) is 6.44. The Hall–Kier alpha value is -0.950. The van der Waals surface area contributed by atoms with E-state index >= 15 is 0 Å². The first-order chi connectivity index (χ1) is 8.95. The van der Waals surface area contributed by atoms with Crippen LogP contribution in [0.1, 0.15) is 18.9 Å². The molecule has 6 heteroatoms. The maximum absolute atomic E-state index is 12.0. The van der Waals surface area contributed by atoms with Gasteiger partial charge in [-0.15, -0.1) is 0 Å². The van der Waals surface area contributed by atoms with Gasteiger partial charge in [-0.3, -0.25) is 0 Å². The number of benzene rings is 1. The van der Waals surface area contributed by atoms with Crippen LogP contribution in [0.15, 0.2) is 29.2 Å². The van der Waals surface area contributed by atoms with Crippen molar-refractivity contribution in [2.24, 2.45) is 5.73 Å². The van der Waals surface area contributed by atoms with E-state index in [0.717, 1.165) is 12.0 Å². The Morgan fingerprint density at radius 2 is 1.95 bits per heavy atom. The first-order valence-electron chi connectivity index (χ1n) is 6.29. The molecule has 0 fully saturated rings. The molecule has 0 aliphatic carbocycles. The standard InChI is InChI=1S/C13H22N2O3S/c1-11(14)10-12-4-6-13(7-5-12)19(16,17)15-8-3-9-18-2/h4-7,11,15H,3,8-10,14H2,1-2H3. The minimum Gasteiger partial charge on any atom is -0.385 e. The molecule has 19 heavy (non-hydrogen) atoms. The third-order valence-electron chi connectivity index (χ3n) is 2.61. The van der Waals surface area contributed by atoms with Crippen molar-refractivity contribution in [1.82, 2.24) is 4.72 Å². The van der Waals surface area contributed by atoms with Crippen LogP contribution in [0.5, 0.6) is 0 Å². The minimum absolute atomic E-state index is 0.0645. The van der Waals surface area contributed by atoms with Gasteiger partial charge < -0.3 is 10.5 Å². The quantitative estimate of drug-likeness (QED) is 0.695. The van der Waals surface area contributed by atoms with Crippen molar-refractivity contribution < 1.29 is 13.2 Å². The summed E-state index contributed by atoms with van der Waals surface area (Å²) in [6, 6.07) is 6.88. The summed E-state index contributed by atoms with van der Waals surface area (Å²) >= 11 is 0. The van der Waals surface area contributed by atoms with Crippen molar-refractivity contribution in [1.29, 1.82) is 0 Å². The fourth-order valence-electron chi connectivity index (χ4n) is 1.68. The molecule has 1 aromatic rings.